The third-order valence-electron chi connectivity index (χ3n) is 23.5. The summed E-state index contributed by atoms with van der Waals surface area (Å²) in [5.41, 5.74) is 24.1. The number of likely N-dealkylation sites (tertiary alicyclic amines) is 3. The van der Waals surface area contributed by atoms with E-state index in [2.05, 4.69) is 152 Å². The average Bonchev–Trinajstić information content (AvgIpc) is 1.60. The first kappa shape index (κ1) is 91.9. The second kappa shape index (κ2) is 43.1. The Kier molecular flexibility index (Phi) is 29.8. The van der Waals surface area contributed by atoms with E-state index in [1.165, 1.54) is 66.3 Å². The standard InChI is InChI=1S/2C27H30N6O.C25H27N7O.C25H28N6O/c1-32(2)17-19-5-8-23(9-6-19)29-27(34)26-24-14-21(7-10-25(24)30-31-26)22-13-20(15-28-16-22)18-33-11-3-4-12-33;1-32(2)17-19-6-5-7-23(13-19)29-27(34)26-24-14-21(8-9-25(24)30-31-26)22-12-20(15-28-16-22)18-33-10-3-4-11-33;1-31(2)23-8-6-20(15-27-23)28-25(33)24-21-12-18(5-7-22(21)29-30-24)19-11-17(13-26-14-19)16-32-9-3-4-10-32;1-30(2)15-17-5-8-21(9-6-17)27-25(32)24-22-12-19(7-10-23(22)28-29-24)20-11-18(13-26-14-20)16-31(3)4/h5-10,13-16H,3-4,11-12,17-18H2,1-2H3,(H,29,34)(H,30,31);5-9,12-16H,3-4,10-11,17-18H2,1-2H3,(H,29,34)(H,30,31);5-8,11-15H,3-4,9-10,16H2,1-2H3,(H,28,33)(H,29,30);5-14H,15-16H2,1-4H3,(H,27,32)(H,28,29). The Bertz CT molecular complexity index is 6700. The maximum Gasteiger partial charge on any atom is 0.276 e. The maximum absolute atomic E-state index is 13.1. The van der Waals surface area contributed by atoms with Crippen molar-refractivity contribution in [2.45, 2.75) is 84.3 Å². The van der Waals surface area contributed by atoms with E-state index >= 15 is 0 Å². The van der Waals surface area contributed by atoms with Gasteiger partial charge in [0.05, 0.1) is 34.0 Å². The molecular weight excluding hydrogens is 1660 g/mol. The lowest BCUT2D eigenvalue weighted by atomic mass is 10.0. The lowest BCUT2D eigenvalue weighted by molar-refractivity contribution is 0.101. The molecule has 680 valence electrons. The average molecular weight is 1780 g/mol. The third kappa shape index (κ3) is 24.2. The number of fused-ring (bicyclic) bond motifs is 4. The zero-order valence-corrected chi connectivity index (χ0v) is 77.2. The van der Waals surface area contributed by atoms with Crippen molar-refractivity contribution in [3.05, 3.63) is 299 Å². The van der Waals surface area contributed by atoms with Crippen LogP contribution in [-0.2, 0) is 45.8 Å². The molecule has 29 nitrogen and oxygen atoms in total. The van der Waals surface area contributed by atoms with Gasteiger partial charge in [-0.15, -0.1) is 0 Å². The van der Waals surface area contributed by atoms with Crippen LogP contribution in [0.1, 0.15) is 119 Å². The Balaban J connectivity index is 0.000000129. The van der Waals surface area contributed by atoms with E-state index in [0.29, 0.717) is 28.5 Å². The number of anilines is 5. The summed E-state index contributed by atoms with van der Waals surface area (Å²) in [6.07, 6.45) is 24.4. The Hall–Kier alpha value is -14.4. The number of amides is 4. The molecule has 4 amide bonds. The van der Waals surface area contributed by atoms with Crippen molar-refractivity contribution >= 4 is 95.8 Å². The van der Waals surface area contributed by atoms with Crippen LogP contribution in [0.5, 0.6) is 0 Å². The molecule has 8 N–H and O–H groups in total. The molecule has 0 saturated carbocycles. The first-order valence-electron chi connectivity index (χ1n) is 45.2. The van der Waals surface area contributed by atoms with Crippen LogP contribution in [0.4, 0.5) is 28.6 Å². The van der Waals surface area contributed by atoms with Gasteiger partial charge in [0, 0.05) is 170 Å². The number of aromatic nitrogens is 13. The topological polar surface area (TPSA) is 321 Å². The number of nitrogens with one attached hydrogen (secondary N) is 8. The van der Waals surface area contributed by atoms with E-state index in [9.17, 15) is 19.2 Å². The highest BCUT2D eigenvalue weighted by atomic mass is 16.2. The molecule has 133 heavy (non-hydrogen) atoms. The minimum Gasteiger partial charge on any atom is -0.363 e. The van der Waals surface area contributed by atoms with Crippen LogP contribution in [0, 0.1) is 0 Å². The molecule has 19 rings (SSSR count). The molecule has 0 aliphatic carbocycles. The summed E-state index contributed by atoms with van der Waals surface area (Å²) in [4.78, 5) is 91.9. The van der Waals surface area contributed by atoms with Crippen molar-refractivity contribution < 1.29 is 19.2 Å². The third-order valence-corrected chi connectivity index (χ3v) is 23.5. The molecule has 12 heterocycles. The molecule has 9 aromatic heterocycles. The lowest BCUT2D eigenvalue weighted by Gasteiger charge is -2.14. The van der Waals surface area contributed by atoms with Gasteiger partial charge >= 0.3 is 0 Å². The number of rotatable bonds is 27. The van der Waals surface area contributed by atoms with E-state index in [0.717, 1.165) is 207 Å². The lowest BCUT2D eigenvalue weighted by Crippen LogP contribution is -2.18. The van der Waals surface area contributed by atoms with Gasteiger partial charge in [0.25, 0.3) is 23.6 Å². The summed E-state index contributed by atoms with van der Waals surface area (Å²) in [7, 11) is 20.1. The molecule has 3 aliphatic heterocycles. The predicted octanol–water partition coefficient (Wildman–Crippen LogP) is 17.0. The number of benzene rings is 7. The molecule has 0 atom stereocenters. The first-order valence-corrected chi connectivity index (χ1v) is 45.2. The molecule has 0 spiro atoms. The van der Waals surface area contributed by atoms with E-state index in [1.54, 1.807) is 6.20 Å². The van der Waals surface area contributed by atoms with Crippen LogP contribution in [0.25, 0.3) is 88.1 Å². The van der Waals surface area contributed by atoms with Crippen LogP contribution >= 0.6 is 0 Å². The Morgan fingerprint density at radius 2 is 0.586 bits per heavy atom. The summed E-state index contributed by atoms with van der Waals surface area (Å²) in [5.74, 6) is -0.161. The van der Waals surface area contributed by atoms with Crippen LogP contribution in [0.3, 0.4) is 0 Å². The highest BCUT2D eigenvalue weighted by Crippen LogP contribution is 2.34. The molecule has 3 saturated heterocycles. The minimum absolute atomic E-state index is 0.230. The van der Waals surface area contributed by atoms with Gasteiger partial charge in [-0.3, -0.25) is 74.2 Å². The summed E-state index contributed by atoms with van der Waals surface area (Å²) in [5, 5.41) is 44.0. The fourth-order valence-electron chi connectivity index (χ4n) is 17.1. The van der Waals surface area contributed by atoms with E-state index in [4.69, 9.17) is 0 Å². The monoisotopic (exact) mass is 1780 g/mol. The molecule has 3 fully saturated rings. The van der Waals surface area contributed by atoms with Gasteiger partial charge < -0.3 is 45.8 Å². The van der Waals surface area contributed by atoms with Gasteiger partial charge in [-0.1, -0.05) is 60.7 Å². The van der Waals surface area contributed by atoms with Crippen LogP contribution in [0.2, 0.25) is 0 Å². The molecule has 16 aromatic rings. The number of carbonyl (C=O) groups excluding carboxylic acids is 4. The smallest absolute Gasteiger partial charge is 0.276 e. The van der Waals surface area contributed by atoms with Crippen molar-refractivity contribution in [2.24, 2.45) is 0 Å². The minimum atomic E-state index is -0.279. The predicted molar refractivity (Wildman–Crippen MR) is 530 cm³/mol. The van der Waals surface area contributed by atoms with Gasteiger partial charge in [0.1, 0.15) is 5.82 Å². The first-order chi connectivity index (χ1) is 64.5. The highest BCUT2D eigenvalue weighted by Gasteiger charge is 2.24. The van der Waals surface area contributed by atoms with Gasteiger partial charge in [-0.2, -0.15) is 20.4 Å². The largest absolute Gasteiger partial charge is 0.363 e. The molecular formula is C104H115N25O4. The number of hydrogen-bond donors (Lipinski definition) is 8. The second-order valence-electron chi connectivity index (χ2n) is 35.8. The van der Waals surface area contributed by atoms with Crippen LogP contribution < -0.4 is 26.2 Å². The van der Waals surface area contributed by atoms with Crippen molar-refractivity contribution in [2.75, 3.05) is 136 Å². The zero-order chi connectivity index (χ0) is 92.4. The van der Waals surface area contributed by atoms with Gasteiger partial charge in [-0.05, 0) is 317 Å². The molecule has 29 heteroatoms. The number of nitrogens with zero attached hydrogens (tertiary/aromatic N) is 17. The highest BCUT2D eigenvalue weighted by molar-refractivity contribution is 6.14. The Morgan fingerprint density at radius 1 is 0.286 bits per heavy atom. The van der Waals surface area contributed by atoms with Crippen LogP contribution in [-0.4, -0.2) is 233 Å². The van der Waals surface area contributed by atoms with Gasteiger partial charge in [0.15, 0.2) is 22.8 Å². The summed E-state index contributed by atoms with van der Waals surface area (Å²) >= 11 is 0. The molecule has 3 aliphatic rings. The van der Waals surface area contributed by atoms with Crippen molar-refractivity contribution in [1.82, 2.24) is 100 Å². The SMILES string of the molecule is CN(C)Cc1ccc(NC(=O)c2n[nH]c3ccc(-c4cncc(CN(C)C)c4)cc23)cc1.CN(C)Cc1ccc(NC(=O)c2n[nH]c3ccc(-c4cncc(CN5CCCC5)c4)cc23)cc1.CN(C)Cc1cccc(NC(=O)c2n[nH]c3ccc(-c4cncc(CN5CCCC5)c4)cc23)c1.CN(C)c1ccc(NC(=O)c2n[nH]c3ccc(-c4cncc(CN5CCCC5)c4)cc23)cn1. The fraction of sp³-hybridized carbons (Fsp3) is 0.279. The summed E-state index contributed by atoms with van der Waals surface area (Å²) < 4.78 is 0. The quantitative estimate of drug-likeness (QED) is 0.0237. The molecule has 0 unspecified atom stereocenters. The van der Waals surface area contributed by atoms with E-state index in [-0.39, 0.29) is 23.6 Å². The van der Waals surface area contributed by atoms with E-state index in [1.807, 2.05) is 277 Å². The van der Waals surface area contributed by atoms with Gasteiger partial charge in [-0.25, -0.2) is 4.98 Å². The zero-order valence-electron chi connectivity index (χ0n) is 77.2. The summed E-state index contributed by atoms with van der Waals surface area (Å²) in [6, 6.07) is 60.1. The number of hydrogen-bond acceptors (Lipinski definition) is 21. The summed E-state index contributed by atoms with van der Waals surface area (Å²) in [6.45, 7) is 13.0. The normalized spacial score (nSPS) is 13.5. The van der Waals surface area contributed by atoms with Crippen molar-refractivity contribution in [3.63, 3.8) is 0 Å². The molecule has 0 radical (unpaired) electrons. The number of aromatic amines is 4. The van der Waals surface area contributed by atoms with E-state index < -0.39 is 0 Å². The van der Waals surface area contributed by atoms with Crippen molar-refractivity contribution in [1.29, 1.82) is 0 Å². The maximum atomic E-state index is 13.1. The number of H-pyrrole nitrogens is 4. The Morgan fingerprint density at radius 3 is 0.910 bits per heavy atom. The number of carbonyl (C=O) groups is 4. The second-order valence-corrected chi connectivity index (χ2v) is 35.8. The fourth-order valence-corrected chi connectivity index (χ4v) is 17.1. The van der Waals surface area contributed by atoms with Crippen LogP contribution in [0.15, 0.2) is 238 Å². The number of pyridine rings is 5. The van der Waals surface area contributed by atoms with Gasteiger partial charge in [0.2, 0.25) is 0 Å². The van der Waals surface area contributed by atoms with Crippen molar-refractivity contribution in [3.8, 4) is 44.5 Å². The molecule has 0 bridgehead atoms. The Labute approximate surface area is 774 Å². The molecule has 7 aromatic carbocycles.